The fraction of sp³-hybridized carbons (Fsp3) is 0.545. The summed E-state index contributed by atoms with van der Waals surface area (Å²) < 4.78 is 1.69. The molecule has 2 fully saturated rings. The summed E-state index contributed by atoms with van der Waals surface area (Å²) in [5.74, 6) is 0.240. The van der Waals surface area contributed by atoms with E-state index in [-0.39, 0.29) is 17.7 Å². The molecular formula is C22H29N5O2. The normalized spacial score (nSPS) is 18.5. The van der Waals surface area contributed by atoms with Gasteiger partial charge in [0, 0.05) is 32.1 Å². The van der Waals surface area contributed by atoms with Crippen molar-refractivity contribution in [3.8, 4) is 0 Å². The molecule has 0 aliphatic carbocycles. The van der Waals surface area contributed by atoms with Gasteiger partial charge in [-0.3, -0.25) is 9.59 Å². The van der Waals surface area contributed by atoms with Crippen molar-refractivity contribution in [3.63, 3.8) is 0 Å². The molecule has 7 nitrogen and oxygen atoms in total. The Hall–Kier alpha value is -2.70. The number of piperidine rings is 1. The Kier molecular flexibility index (Phi) is 6.22. The molecule has 0 bridgehead atoms. The Balaban J connectivity index is 1.30. The number of hydrogen-bond acceptors (Lipinski definition) is 4. The number of carbonyl (C=O) groups is 2. The molecule has 0 radical (unpaired) electrons. The van der Waals surface area contributed by atoms with Gasteiger partial charge in [-0.05, 0) is 31.2 Å². The van der Waals surface area contributed by atoms with Crippen LogP contribution < -0.4 is 0 Å². The molecule has 29 heavy (non-hydrogen) atoms. The van der Waals surface area contributed by atoms with Crippen molar-refractivity contribution in [1.82, 2.24) is 24.8 Å². The van der Waals surface area contributed by atoms with E-state index in [1.165, 1.54) is 12.8 Å². The molecule has 0 atom stereocenters. The van der Waals surface area contributed by atoms with Crippen molar-refractivity contribution < 1.29 is 9.59 Å². The third-order valence-corrected chi connectivity index (χ3v) is 5.99. The number of benzene rings is 1. The Morgan fingerprint density at radius 1 is 0.897 bits per heavy atom. The monoisotopic (exact) mass is 395 g/mol. The molecule has 154 valence electrons. The van der Waals surface area contributed by atoms with E-state index in [2.05, 4.69) is 10.3 Å². The summed E-state index contributed by atoms with van der Waals surface area (Å²) in [7, 11) is 0. The van der Waals surface area contributed by atoms with E-state index < -0.39 is 0 Å². The van der Waals surface area contributed by atoms with E-state index in [1.807, 2.05) is 40.1 Å². The van der Waals surface area contributed by atoms with Gasteiger partial charge in [0.15, 0.2) is 5.69 Å². The Morgan fingerprint density at radius 2 is 1.59 bits per heavy atom. The molecule has 2 aromatic rings. The maximum Gasteiger partial charge on any atom is 0.276 e. The molecule has 2 aliphatic rings. The van der Waals surface area contributed by atoms with E-state index in [1.54, 1.807) is 10.9 Å². The van der Waals surface area contributed by atoms with Gasteiger partial charge in [0.1, 0.15) is 0 Å². The first kappa shape index (κ1) is 19.6. The zero-order valence-electron chi connectivity index (χ0n) is 16.9. The lowest BCUT2D eigenvalue weighted by Crippen LogP contribution is -2.44. The predicted molar refractivity (Wildman–Crippen MR) is 109 cm³/mol. The molecule has 0 saturated carbocycles. The molecule has 2 amide bonds. The number of aromatic nitrogens is 3. The van der Waals surface area contributed by atoms with Gasteiger partial charge < -0.3 is 9.80 Å². The fourth-order valence-corrected chi connectivity index (χ4v) is 4.28. The van der Waals surface area contributed by atoms with Crippen LogP contribution in [0, 0.1) is 5.92 Å². The van der Waals surface area contributed by atoms with Crippen LogP contribution in [0.15, 0.2) is 36.5 Å². The highest BCUT2D eigenvalue weighted by Crippen LogP contribution is 2.22. The smallest absolute Gasteiger partial charge is 0.276 e. The Morgan fingerprint density at radius 3 is 2.28 bits per heavy atom. The van der Waals surface area contributed by atoms with Crippen molar-refractivity contribution in [2.45, 2.75) is 45.1 Å². The number of likely N-dealkylation sites (tertiary alicyclic amines) is 2. The van der Waals surface area contributed by atoms with Gasteiger partial charge in [0.25, 0.3) is 5.91 Å². The molecule has 0 N–H and O–H groups in total. The predicted octanol–water partition coefficient (Wildman–Crippen LogP) is 2.58. The van der Waals surface area contributed by atoms with Gasteiger partial charge in [-0.15, -0.1) is 5.10 Å². The van der Waals surface area contributed by atoms with Crippen LogP contribution in [0.1, 0.15) is 54.6 Å². The SMILES string of the molecule is O=C(c1cn(Cc2ccccc2)nn1)N1CCC(C(=O)N2CCCCCC2)CC1. The highest BCUT2D eigenvalue weighted by Gasteiger charge is 2.31. The molecule has 1 aromatic heterocycles. The maximum atomic E-state index is 12.8. The largest absolute Gasteiger partial charge is 0.342 e. The zero-order valence-corrected chi connectivity index (χ0v) is 16.9. The van der Waals surface area contributed by atoms with E-state index in [0.717, 1.165) is 44.3 Å². The van der Waals surface area contributed by atoms with Crippen molar-refractivity contribution in [1.29, 1.82) is 0 Å². The van der Waals surface area contributed by atoms with Crippen LogP contribution >= 0.6 is 0 Å². The molecule has 4 rings (SSSR count). The topological polar surface area (TPSA) is 71.3 Å². The van der Waals surface area contributed by atoms with E-state index >= 15 is 0 Å². The van der Waals surface area contributed by atoms with Gasteiger partial charge in [0.05, 0.1) is 12.7 Å². The third-order valence-electron chi connectivity index (χ3n) is 5.99. The number of carbonyl (C=O) groups excluding carboxylic acids is 2. The first-order valence-corrected chi connectivity index (χ1v) is 10.7. The standard InChI is InChI=1S/C22H29N5O2/c28-21(25-12-6-1-2-7-13-25)19-10-14-26(15-11-19)22(29)20-17-27(24-23-20)16-18-8-4-3-5-9-18/h3-5,8-9,17,19H,1-2,6-7,10-16H2. The second kappa shape index (κ2) is 9.20. The summed E-state index contributed by atoms with van der Waals surface area (Å²) in [5, 5.41) is 8.17. The third kappa shape index (κ3) is 4.83. The van der Waals surface area contributed by atoms with Crippen LogP contribution in [0.2, 0.25) is 0 Å². The summed E-state index contributed by atoms with van der Waals surface area (Å²) >= 11 is 0. The van der Waals surface area contributed by atoms with Crippen LogP contribution in [-0.2, 0) is 11.3 Å². The second-order valence-electron chi connectivity index (χ2n) is 8.09. The second-order valence-corrected chi connectivity index (χ2v) is 8.09. The number of rotatable bonds is 4. The van der Waals surface area contributed by atoms with Gasteiger partial charge in [-0.1, -0.05) is 48.4 Å². The van der Waals surface area contributed by atoms with Crippen LogP contribution in [-0.4, -0.2) is 62.8 Å². The highest BCUT2D eigenvalue weighted by atomic mass is 16.2. The van der Waals surface area contributed by atoms with Crippen molar-refractivity contribution in [3.05, 3.63) is 47.8 Å². The average molecular weight is 396 g/mol. The number of hydrogen-bond donors (Lipinski definition) is 0. The summed E-state index contributed by atoms with van der Waals surface area (Å²) in [5.41, 5.74) is 1.49. The molecular weight excluding hydrogens is 366 g/mol. The number of nitrogens with zero attached hydrogens (tertiary/aromatic N) is 5. The molecule has 3 heterocycles. The zero-order chi connectivity index (χ0) is 20.1. The minimum absolute atomic E-state index is 0.0471. The molecule has 0 spiro atoms. The van der Waals surface area contributed by atoms with Crippen LogP contribution in [0.3, 0.4) is 0 Å². The van der Waals surface area contributed by atoms with Crippen LogP contribution in [0.25, 0.3) is 0 Å². The van der Waals surface area contributed by atoms with Gasteiger partial charge in [-0.25, -0.2) is 4.68 Å². The molecule has 0 unspecified atom stereocenters. The van der Waals surface area contributed by atoms with Crippen LogP contribution in [0.4, 0.5) is 0 Å². The van der Waals surface area contributed by atoms with Crippen molar-refractivity contribution in [2.24, 2.45) is 5.92 Å². The Bertz CT molecular complexity index is 819. The molecule has 1 aromatic carbocycles. The lowest BCUT2D eigenvalue weighted by atomic mass is 9.95. The van der Waals surface area contributed by atoms with Gasteiger partial charge in [0.2, 0.25) is 5.91 Å². The highest BCUT2D eigenvalue weighted by molar-refractivity contribution is 5.92. The summed E-state index contributed by atoms with van der Waals surface area (Å²) in [6.45, 7) is 3.59. The summed E-state index contributed by atoms with van der Waals surface area (Å²) in [4.78, 5) is 29.5. The van der Waals surface area contributed by atoms with Crippen molar-refractivity contribution in [2.75, 3.05) is 26.2 Å². The minimum Gasteiger partial charge on any atom is -0.342 e. The van der Waals surface area contributed by atoms with E-state index in [4.69, 9.17) is 0 Å². The fourth-order valence-electron chi connectivity index (χ4n) is 4.28. The Labute approximate surface area is 171 Å². The van der Waals surface area contributed by atoms with Crippen molar-refractivity contribution >= 4 is 11.8 Å². The molecule has 7 heteroatoms. The first-order chi connectivity index (χ1) is 14.2. The van der Waals surface area contributed by atoms with Gasteiger partial charge in [-0.2, -0.15) is 0 Å². The van der Waals surface area contributed by atoms with Crippen LogP contribution in [0.5, 0.6) is 0 Å². The molecule has 2 aliphatic heterocycles. The molecule has 2 saturated heterocycles. The lowest BCUT2D eigenvalue weighted by molar-refractivity contribution is -0.136. The minimum atomic E-state index is -0.0926. The summed E-state index contributed by atoms with van der Waals surface area (Å²) in [6.07, 6.45) is 7.86. The quantitative estimate of drug-likeness (QED) is 0.798. The van der Waals surface area contributed by atoms with E-state index in [0.29, 0.717) is 25.3 Å². The lowest BCUT2D eigenvalue weighted by Gasteiger charge is -2.33. The summed E-state index contributed by atoms with van der Waals surface area (Å²) in [6, 6.07) is 9.98. The van der Waals surface area contributed by atoms with Gasteiger partial charge >= 0.3 is 0 Å². The maximum absolute atomic E-state index is 12.8. The number of amides is 2. The first-order valence-electron chi connectivity index (χ1n) is 10.7. The van der Waals surface area contributed by atoms with E-state index in [9.17, 15) is 9.59 Å². The average Bonchev–Trinajstić information content (AvgIpc) is 3.05.